The molecule has 2 aliphatic heterocycles. The molecular weight excluding hydrogens is 358 g/mol. The number of aromatic nitrogens is 1. The van der Waals surface area contributed by atoms with Crippen LogP contribution in [-0.4, -0.2) is 66.7 Å². The number of hydrogen-bond donors (Lipinski definition) is 0. The Morgan fingerprint density at radius 1 is 1.42 bits per heavy atom. The Bertz CT molecular complexity index is 650. The smallest absolute Gasteiger partial charge is 0.223 e. The van der Waals surface area contributed by atoms with E-state index in [1.807, 2.05) is 9.80 Å². The number of carbonyl (C=O) groups is 2. The topological polar surface area (TPSA) is 75.9 Å². The van der Waals surface area contributed by atoms with Gasteiger partial charge in [-0.1, -0.05) is 16.8 Å². The first-order valence-corrected chi connectivity index (χ1v) is 9.55. The Labute approximate surface area is 158 Å². The fraction of sp³-hybridized carbons (Fsp3) is 0.722. The molecule has 1 aromatic rings. The van der Waals surface area contributed by atoms with E-state index in [2.05, 4.69) is 5.16 Å². The molecule has 0 N–H and O–H groups in total. The standard InChI is InChI=1S/C18H26ClN3O4/c1-25-10-9-22-13-18(7-5-17(22)24)6-2-8-21(12-18)16(23)4-3-14-11-15(19)20-26-14/h11H,2-10,12-13H2,1H3/t18-/m0/s1. The van der Waals surface area contributed by atoms with Crippen LogP contribution >= 0.6 is 11.6 Å². The van der Waals surface area contributed by atoms with E-state index in [-0.39, 0.29) is 17.2 Å². The number of amides is 2. The van der Waals surface area contributed by atoms with Gasteiger partial charge in [0.15, 0.2) is 5.15 Å². The summed E-state index contributed by atoms with van der Waals surface area (Å²) in [5, 5.41) is 3.95. The lowest BCUT2D eigenvalue weighted by molar-refractivity contribution is -0.143. The molecule has 0 unspecified atom stereocenters. The zero-order chi connectivity index (χ0) is 18.6. The van der Waals surface area contributed by atoms with E-state index in [1.54, 1.807) is 13.2 Å². The van der Waals surface area contributed by atoms with Gasteiger partial charge < -0.3 is 19.1 Å². The average molecular weight is 384 g/mol. The van der Waals surface area contributed by atoms with Gasteiger partial charge in [-0.25, -0.2) is 0 Å². The highest BCUT2D eigenvalue weighted by atomic mass is 35.5. The molecule has 3 heterocycles. The second kappa shape index (κ2) is 8.39. The molecule has 144 valence electrons. The fourth-order valence-corrected chi connectivity index (χ4v) is 4.21. The van der Waals surface area contributed by atoms with Gasteiger partial charge in [0, 0.05) is 64.0 Å². The van der Waals surface area contributed by atoms with E-state index in [4.69, 9.17) is 20.9 Å². The van der Waals surface area contributed by atoms with Crippen molar-refractivity contribution < 1.29 is 18.8 Å². The Balaban J connectivity index is 1.57. The molecule has 0 bridgehead atoms. The zero-order valence-corrected chi connectivity index (χ0v) is 16.0. The number of hydrogen-bond acceptors (Lipinski definition) is 5. The minimum atomic E-state index is 0.0190. The van der Waals surface area contributed by atoms with Gasteiger partial charge in [-0.15, -0.1) is 0 Å². The number of methoxy groups -OCH3 is 1. The maximum absolute atomic E-state index is 12.7. The van der Waals surface area contributed by atoms with Crippen molar-refractivity contribution >= 4 is 23.4 Å². The van der Waals surface area contributed by atoms with Gasteiger partial charge in [-0.05, 0) is 19.3 Å². The first-order chi connectivity index (χ1) is 12.5. The Hall–Kier alpha value is -1.60. The van der Waals surface area contributed by atoms with Gasteiger partial charge in [0.05, 0.1) is 6.61 Å². The summed E-state index contributed by atoms with van der Waals surface area (Å²) in [5.74, 6) is 0.944. The molecular formula is C18H26ClN3O4. The van der Waals surface area contributed by atoms with Crippen LogP contribution in [0.2, 0.25) is 5.15 Å². The lowest BCUT2D eigenvalue weighted by Gasteiger charge is -2.48. The summed E-state index contributed by atoms with van der Waals surface area (Å²) in [6.45, 7) is 3.39. The molecule has 2 saturated heterocycles. The number of likely N-dealkylation sites (tertiary alicyclic amines) is 2. The maximum Gasteiger partial charge on any atom is 0.223 e. The molecule has 0 aromatic carbocycles. The molecule has 26 heavy (non-hydrogen) atoms. The van der Waals surface area contributed by atoms with Crippen LogP contribution in [0.5, 0.6) is 0 Å². The predicted octanol–water partition coefficient (Wildman–Crippen LogP) is 2.14. The molecule has 1 aromatic heterocycles. The van der Waals surface area contributed by atoms with Gasteiger partial charge in [0.1, 0.15) is 5.76 Å². The first-order valence-electron chi connectivity index (χ1n) is 9.17. The van der Waals surface area contributed by atoms with Crippen molar-refractivity contribution in [1.82, 2.24) is 15.0 Å². The Kier molecular flexibility index (Phi) is 6.19. The summed E-state index contributed by atoms with van der Waals surface area (Å²) in [6, 6.07) is 1.65. The quantitative estimate of drug-likeness (QED) is 0.752. The van der Waals surface area contributed by atoms with E-state index >= 15 is 0 Å². The van der Waals surface area contributed by atoms with Gasteiger partial charge in [-0.3, -0.25) is 9.59 Å². The van der Waals surface area contributed by atoms with Crippen LogP contribution in [0.3, 0.4) is 0 Å². The van der Waals surface area contributed by atoms with E-state index in [0.29, 0.717) is 43.3 Å². The summed E-state index contributed by atoms with van der Waals surface area (Å²) in [7, 11) is 1.65. The largest absolute Gasteiger partial charge is 0.383 e. The monoisotopic (exact) mass is 383 g/mol. The molecule has 0 radical (unpaired) electrons. The Morgan fingerprint density at radius 3 is 3.00 bits per heavy atom. The summed E-state index contributed by atoms with van der Waals surface area (Å²) in [4.78, 5) is 28.7. The maximum atomic E-state index is 12.7. The van der Waals surface area contributed by atoms with Gasteiger partial charge in [0.2, 0.25) is 11.8 Å². The zero-order valence-electron chi connectivity index (χ0n) is 15.2. The molecule has 1 spiro atoms. The number of halogens is 1. The Morgan fingerprint density at radius 2 is 2.27 bits per heavy atom. The van der Waals surface area contributed by atoms with Gasteiger partial charge >= 0.3 is 0 Å². The lowest BCUT2D eigenvalue weighted by Crippen LogP contribution is -2.55. The van der Waals surface area contributed by atoms with Crippen LogP contribution in [0.4, 0.5) is 0 Å². The third-order valence-electron chi connectivity index (χ3n) is 5.44. The summed E-state index contributed by atoms with van der Waals surface area (Å²) in [6.07, 6.45) is 4.34. The van der Waals surface area contributed by atoms with Crippen molar-refractivity contribution in [2.24, 2.45) is 5.41 Å². The minimum Gasteiger partial charge on any atom is -0.383 e. The average Bonchev–Trinajstić information content (AvgIpc) is 3.06. The summed E-state index contributed by atoms with van der Waals surface area (Å²) >= 11 is 5.74. The van der Waals surface area contributed by atoms with Crippen LogP contribution in [0.1, 0.15) is 37.9 Å². The molecule has 7 nitrogen and oxygen atoms in total. The highest BCUT2D eigenvalue weighted by molar-refractivity contribution is 6.29. The second-order valence-corrected chi connectivity index (χ2v) is 7.73. The van der Waals surface area contributed by atoms with E-state index in [1.165, 1.54) is 0 Å². The normalized spacial score (nSPS) is 23.7. The van der Waals surface area contributed by atoms with Crippen molar-refractivity contribution in [2.75, 3.05) is 39.9 Å². The fourth-order valence-electron chi connectivity index (χ4n) is 4.06. The summed E-state index contributed by atoms with van der Waals surface area (Å²) < 4.78 is 10.2. The van der Waals surface area contributed by atoms with E-state index in [0.717, 1.165) is 38.9 Å². The molecule has 0 saturated carbocycles. The van der Waals surface area contributed by atoms with Crippen molar-refractivity contribution in [3.8, 4) is 0 Å². The van der Waals surface area contributed by atoms with Gasteiger partial charge in [-0.2, -0.15) is 0 Å². The van der Waals surface area contributed by atoms with Crippen LogP contribution in [0.25, 0.3) is 0 Å². The first kappa shape index (κ1) is 19.2. The lowest BCUT2D eigenvalue weighted by atomic mass is 9.73. The number of nitrogens with zero attached hydrogens (tertiary/aromatic N) is 3. The third kappa shape index (κ3) is 4.57. The molecule has 3 rings (SSSR count). The van der Waals surface area contributed by atoms with E-state index < -0.39 is 0 Å². The van der Waals surface area contributed by atoms with Crippen LogP contribution in [0.15, 0.2) is 10.6 Å². The predicted molar refractivity (Wildman–Crippen MR) is 95.8 cm³/mol. The highest BCUT2D eigenvalue weighted by Gasteiger charge is 2.42. The van der Waals surface area contributed by atoms with Crippen molar-refractivity contribution in [1.29, 1.82) is 0 Å². The van der Waals surface area contributed by atoms with Gasteiger partial charge in [0.25, 0.3) is 0 Å². The van der Waals surface area contributed by atoms with Crippen LogP contribution in [-0.2, 0) is 20.7 Å². The van der Waals surface area contributed by atoms with Crippen LogP contribution in [0, 0.1) is 5.41 Å². The molecule has 2 aliphatic rings. The number of ether oxygens (including phenoxy) is 1. The third-order valence-corrected chi connectivity index (χ3v) is 5.62. The molecule has 1 atom stereocenters. The minimum absolute atomic E-state index is 0.0190. The molecule has 2 amide bonds. The number of carbonyl (C=O) groups excluding carboxylic acids is 2. The molecule has 8 heteroatoms. The van der Waals surface area contributed by atoms with Crippen LogP contribution < -0.4 is 0 Å². The second-order valence-electron chi connectivity index (χ2n) is 7.34. The highest BCUT2D eigenvalue weighted by Crippen LogP contribution is 2.39. The summed E-state index contributed by atoms with van der Waals surface area (Å²) in [5.41, 5.74) is 0.0190. The number of piperidine rings is 2. The molecule has 0 aliphatic carbocycles. The van der Waals surface area contributed by atoms with Crippen molar-refractivity contribution in [3.63, 3.8) is 0 Å². The number of rotatable bonds is 6. The SMILES string of the molecule is COCCN1C[C@@]2(CCCN(C(=O)CCc3cc(Cl)no3)C2)CCC1=O. The van der Waals surface area contributed by atoms with E-state index in [9.17, 15) is 9.59 Å². The van der Waals surface area contributed by atoms with Crippen molar-refractivity contribution in [2.45, 2.75) is 38.5 Å². The van der Waals surface area contributed by atoms with Crippen molar-refractivity contribution in [3.05, 3.63) is 17.0 Å². The molecule has 2 fully saturated rings. The number of aryl methyl sites for hydroxylation is 1.